The molecule has 5 nitrogen and oxygen atoms in total. The third kappa shape index (κ3) is 6.88. The van der Waals surface area contributed by atoms with Gasteiger partial charge in [0.05, 0.1) is 32.1 Å². The van der Waals surface area contributed by atoms with E-state index in [2.05, 4.69) is 16.6 Å². The summed E-state index contributed by atoms with van der Waals surface area (Å²) in [6.45, 7) is 2.30. The Morgan fingerprint density at radius 2 is 2.21 bits per heavy atom. The number of halogens is 3. The Morgan fingerprint density at radius 1 is 1.47 bits per heavy atom. The first-order chi connectivity index (χ1) is 8.92. The van der Waals surface area contributed by atoms with Crippen LogP contribution in [0.4, 0.5) is 13.2 Å². The molecule has 112 valence electrons. The van der Waals surface area contributed by atoms with Gasteiger partial charge in [0.1, 0.15) is 6.61 Å². The molecule has 8 heteroatoms. The van der Waals surface area contributed by atoms with Crippen LogP contribution in [0, 0.1) is 0 Å². The van der Waals surface area contributed by atoms with Crippen LogP contribution in [0.1, 0.15) is 6.42 Å². The molecule has 19 heavy (non-hydrogen) atoms. The van der Waals surface area contributed by atoms with Gasteiger partial charge >= 0.3 is 6.18 Å². The van der Waals surface area contributed by atoms with Crippen molar-refractivity contribution in [2.24, 2.45) is 0 Å². The van der Waals surface area contributed by atoms with Crippen molar-refractivity contribution in [3.05, 3.63) is 12.7 Å². The van der Waals surface area contributed by atoms with E-state index in [-0.39, 0.29) is 19.8 Å². The van der Waals surface area contributed by atoms with Gasteiger partial charge in [0.15, 0.2) is 6.29 Å². The number of hydrogen-bond donors (Lipinski definition) is 2. The molecular weight excluding hydrogens is 267 g/mol. The average Bonchev–Trinajstić information content (AvgIpc) is 2.32. The number of ether oxygens (including phenoxy) is 3. The van der Waals surface area contributed by atoms with Crippen LogP contribution in [0.5, 0.6) is 0 Å². The number of rotatable bonds is 7. The largest absolute Gasteiger partial charge is 0.411 e. The predicted molar refractivity (Wildman–Crippen MR) is 60.3 cm³/mol. The monoisotopic (exact) mass is 285 g/mol. The second kappa shape index (κ2) is 7.81. The Balaban J connectivity index is 2.17. The van der Waals surface area contributed by atoms with Gasteiger partial charge in [-0.05, 0) is 0 Å². The molecule has 0 aromatic rings. The van der Waals surface area contributed by atoms with E-state index in [1.165, 1.54) is 0 Å². The third-order valence-electron chi connectivity index (χ3n) is 2.47. The zero-order valence-electron chi connectivity index (χ0n) is 10.4. The third-order valence-corrected chi connectivity index (χ3v) is 2.47. The fraction of sp³-hybridized carbons (Fsp3) is 0.818. The van der Waals surface area contributed by atoms with E-state index in [1.54, 1.807) is 6.08 Å². The molecule has 0 aliphatic carbocycles. The predicted octanol–water partition coefficient (Wildman–Crippen LogP) is 0.791. The first kappa shape index (κ1) is 16.4. The highest BCUT2D eigenvalue weighted by molar-refractivity contribution is 4.80. The molecule has 1 fully saturated rings. The van der Waals surface area contributed by atoms with Crippen LogP contribution in [0.25, 0.3) is 0 Å². The summed E-state index contributed by atoms with van der Waals surface area (Å²) in [5, 5.41) is 12.4. The van der Waals surface area contributed by atoms with Crippen LogP contribution in [0.2, 0.25) is 0 Å². The first-order valence-corrected chi connectivity index (χ1v) is 5.82. The van der Waals surface area contributed by atoms with E-state index in [0.717, 1.165) is 0 Å². The molecule has 1 aliphatic rings. The van der Waals surface area contributed by atoms with Crippen molar-refractivity contribution >= 4 is 0 Å². The van der Waals surface area contributed by atoms with Crippen LogP contribution in [0.15, 0.2) is 12.7 Å². The topological polar surface area (TPSA) is 60.0 Å². The minimum atomic E-state index is -4.35. The fourth-order valence-corrected chi connectivity index (χ4v) is 1.57. The summed E-state index contributed by atoms with van der Waals surface area (Å²) in [6.07, 6.45) is -3.84. The Labute approximate surface area is 109 Å². The molecule has 0 spiro atoms. The molecule has 1 rings (SSSR count). The molecular formula is C11H18F3NO4. The molecule has 2 N–H and O–H groups in total. The summed E-state index contributed by atoms with van der Waals surface area (Å²) < 4.78 is 50.3. The SMILES string of the molecule is C=CCOC1CC(O)C(NCOCC(F)(F)F)CO1. The molecule has 1 aliphatic heterocycles. The molecule has 0 saturated carbocycles. The minimum Gasteiger partial charge on any atom is -0.391 e. The molecule has 0 amide bonds. The van der Waals surface area contributed by atoms with Gasteiger partial charge < -0.3 is 19.3 Å². The molecule has 0 aromatic heterocycles. The molecule has 0 radical (unpaired) electrons. The summed E-state index contributed by atoms with van der Waals surface area (Å²) in [5.41, 5.74) is 0. The lowest BCUT2D eigenvalue weighted by molar-refractivity contribution is -0.195. The van der Waals surface area contributed by atoms with Gasteiger partial charge in [0.25, 0.3) is 0 Å². The smallest absolute Gasteiger partial charge is 0.391 e. The Morgan fingerprint density at radius 3 is 2.79 bits per heavy atom. The van der Waals surface area contributed by atoms with Crippen LogP contribution in [-0.4, -0.2) is 56.3 Å². The van der Waals surface area contributed by atoms with Crippen LogP contribution in [-0.2, 0) is 14.2 Å². The summed E-state index contributed by atoms with van der Waals surface area (Å²) in [4.78, 5) is 0. The number of alkyl halides is 3. The zero-order valence-corrected chi connectivity index (χ0v) is 10.4. The van der Waals surface area contributed by atoms with Gasteiger partial charge in [-0.25, -0.2) is 0 Å². The fourth-order valence-electron chi connectivity index (χ4n) is 1.57. The lowest BCUT2D eigenvalue weighted by Gasteiger charge is -2.33. The van der Waals surface area contributed by atoms with E-state index in [1.807, 2.05) is 0 Å². The Hall–Kier alpha value is -0.670. The second-order valence-electron chi connectivity index (χ2n) is 4.11. The van der Waals surface area contributed by atoms with Gasteiger partial charge in [0.2, 0.25) is 0 Å². The number of aliphatic hydroxyl groups excluding tert-OH is 1. The number of nitrogens with one attached hydrogen (secondary N) is 1. The van der Waals surface area contributed by atoms with Crippen molar-refractivity contribution in [2.45, 2.75) is 31.0 Å². The maximum absolute atomic E-state index is 11.8. The van der Waals surface area contributed by atoms with Crippen LogP contribution in [0.3, 0.4) is 0 Å². The zero-order chi connectivity index (χ0) is 14.3. The average molecular weight is 285 g/mol. The Kier molecular flexibility index (Phi) is 6.73. The number of aliphatic hydroxyl groups is 1. The van der Waals surface area contributed by atoms with E-state index in [9.17, 15) is 18.3 Å². The van der Waals surface area contributed by atoms with E-state index >= 15 is 0 Å². The normalized spacial score (nSPS) is 28.3. The highest BCUT2D eigenvalue weighted by Crippen LogP contribution is 2.16. The highest BCUT2D eigenvalue weighted by Gasteiger charge is 2.31. The molecule has 0 aromatic carbocycles. The minimum absolute atomic E-state index is 0.137. The summed E-state index contributed by atoms with van der Waals surface area (Å²) in [7, 11) is 0. The molecule has 3 atom stereocenters. The van der Waals surface area contributed by atoms with Crippen LogP contribution >= 0.6 is 0 Å². The van der Waals surface area contributed by atoms with Crippen LogP contribution < -0.4 is 5.32 Å². The van der Waals surface area contributed by atoms with E-state index in [4.69, 9.17) is 9.47 Å². The molecule has 3 unspecified atom stereocenters. The van der Waals surface area contributed by atoms with E-state index < -0.39 is 31.2 Å². The van der Waals surface area contributed by atoms with Crippen molar-refractivity contribution in [2.75, 3.05) is 26.6 Å². The van der Waals surface area contributed by atoms with Crippen molar-refractivity contribution in [3.63, 3.8) is 0 Å². The Bertz CT molecular complexity index is 275. The molecule has 0 bridgehead atoms. The summed E-state index contributed by atoms with van der Waals surface area (Å²) >= 11 is 0. The van der Waals surface area contributed by atoms with Gasteiger partial charge in [0, 0.05) is 6.42 Å². The standard InChI is InChI=1S/C11H18F3NO4/c1-2-3-18-10-4-9(16)8(5-19-10)15-7-17-6-11(12,13)14/h2,8-10,15-16H,1,3-7H2. The van der Waals surface area contributed by atoms with Crippen molar-refractivity contribution in [1.82, 2.24) is 5.32 Å². The lowest BCUT2D eigenvalue weighted by Crippen LogP contribution is -2.51. The van der Waals surface area contributed by atoms with Gasteiger partial charge in [-0.15, -0.1) is 6.58 Å². The second-order valence-corrected chi connectivity index (χ2v) is 4.11. The van der Waals surface area contributed by atoms with Gasteiger partial charge in [-0.1, -0.05) is 6.08 Å². The quantitative estimate of drug-likeness (QED) is 0.411. The summed E-state index contributed by atoms with van der Waals surface area (Å²) in [6, 6.07) is -0.475. The van der Waals surface area contributed by atoms with Gasteiger partial charge in [-0.3, -0.25) is 5.32 Å². The summed E-state index contributed by atoms with van der Waals surface area (Å²) in [5.74, 6) is 0. The molecule has 1 saturated heterocycles. The van der Waals surface area contributed by atoms with Crippen molar-refractivity contribution in [3.8, 4) is 0 Å². The highest BCUT2D eigenvalue weighted by atomic mass is 19.4. The maximum Gasteiger partial charge on any atom is 0.411 e. The maximum atomic E-state index is 11.8. The first-order valence-electron chi connectivity index (χ1n) is 5.82. The lowest BCUT2D eigenvalue weighted by atomic mass is 10.1. The van der Waals surface area contributed by atoms with Crippen molar-refractivity contribution < 1.29 is 32.5 Å². The van der Waals surface area contributed by atoms with Crippen molar-refractivity contribution in [1.29, 1.82) is 0 Å². The number of hydrogen-bond acceptors (Lipinski definition) is 5. The van der Waals surface area contributed by atoms with E-state index in [0.29, 0.717) is 6.61 Å². The van der Waals surface area contributed by atoms with Gasteiger partial charge in [-0.2, -0.15) is 13.2 Å². The molecule has 1 heterocycles.